The van der Waals surface area contributed by atoms with Crippen LogP contribution in [0.5, 0.6) is 0 Å². The third-order valence-corrected chi connectivity index (χ3v) is 2.40. The lowest BCUT2D eigenvalue weighted by Gasteiger charge is -2.17. The van der Waals surface area contributed by atoms with Crippen LogP contribution in [0.4, 0.5) is 0 Å². The van der Waals surface area contributed by atoms with Crippen molar-refractivity contribution in [2.45, 2.75) is 20.0 Å². The van der Waals surface area contributed by atoms with Crippen LogP contribution in [0.25, 0.3) is 0 Å². The molecular weight excluding hydrogens is 208 g/mol. The maximum Gasteiger partial charge on any atom is 0.337 e. The fraction of sp³-hybridized carbons (Fsp3) is 0.417. The molecule has 0 saturated carbocycles. The lowest BCUT2D eigenvalue weighted by Crippen LogP contribution is -2.19. The first-order valence-corrected chi connectivity index (χ1v) is 5.09. The van der Waals surface area contributed by atoms with Crippen molar-refractivity contribution in [1.29, 1.82) is 0 Å². The Morgan fingerprint density at radius 3 is 2.38 bits per heavy atom. The fourth-order valence-corrected chi connectivity index (χ4v) is 1.69. The van der Waals surface area contributed by atoms with E-state index in [9.17, 15) is 4.79 Å². The lowest BCUT2D eigenvalue weighted by molar-refractivity contribution is -0.151. The molecule has 88 valence electrons. The number of aliphatic hydroxyl groups excluding tert-OH is 1. The van der Waals surface area contributed by atoms with Crippen molar-refractivity contribution >= 4 is 5.97 Å². The van der Waals surface area contributed by atoms with Crippen LogP contribution in [-0.4, -0.2) is 29.4 Å². The summed E-state index contributed by atoms with van der Waals surface area (Å²) in [5.74, 6) is -1.04. The predicted octanol–water partition coefficient (Wildman–Crippen LogP) is 1.44. The van der Waals surface area contributed by atoms with Gasteiger partial charge in [0.25, 0.3) is 0 Å². The molecule has 1 rings (SSSR count). The van der Waals surface area contributed by atoms with E-state index in [0.29, 0.717) is 5.56 Å². The van der Waals surface area contributed by atoms with Crippen LogP contribution in [0.15, 0.2) is 18.2 Å². The van der Waals surface area contributed by atoms with Gasteiger partial charge >= 0.3 is 5.97 Å². The third-order valence-electron chi connectivity index (χ3n) is 2.40. The molecule has 4 nitrogen and oxygen atoms in total. The maximum atomic E-state index is 11.1. The van der Waals surface area contributed by atoms with Gasteiger partial charge in [0.1, 0.15) is 0 Å². The lowest BCUT2D eigenvalue weighted by atomic mass is 9.98. The number of carboxylic acid groups (broad SMARTS) is 1. The van der Waals surface area contributed by atoms with Crippen molar-refractivity contribution in [1.82, 2.24) is 0 Å². The van der Waals surface area contributed by atoms with Gasteiger partial charge in [-0.25, -0.2) is 4.79 Å². The summed E-state index contributed by atoms with van der Waals surface area (Å²) in [6.07, 6.45) is -1.01. The zero-order valence-electron chi connectivity index (χ0n) is 9.43. The molecule has 0 aliphatic rings. The molecule has 0 bridgehead atoms. The number of benzene rings is 1. The second-order valence-electron chi connectivity index (χ2n) is 3.62. The Morgan fingerprint density at radius 1 is 1.38 bits per heavy atom. The van der Waals surface area contributed by atoms with E-state index in [-0.39, 0.29) is 13.2 Å². The number of hydrogen-bond donors (Lipinski definition) is 2. The first kappa shape index (κ1) is 12.7. The van der Waals surface area contributed by atoms with Crippen molar-refractivity contribution < 1.29 is 19.7 Å². The van der Waals surface area contributed by atoms with E-state index in [1.165, 1.54) is 0 Å². The second-order valence-corrected chi connectivity index (χ2v) is 3.62. The summed E-state index contributed by atoms with van der Waals surface area (Å²) < 4.78 is 5.15. The Balaban J connectivity index is 3.05. The van der Waals surface area contributed by atoms with Gasteiger partial charge in [0.2, 0.25) is 0 Å². The molecule has 0 heterocycles. The molecule has 0 aliphatic heterocycles. The Hall–Kier alpha value is -1.39. The molecule has 1 atom stereocenters. The summed E-state index contributed by atoms with van der Waals surface area (Å²) in [5, 5.41) is 17.8. The Kier molecular flexibility index (Phi) is 4.46. The summed E-state index contributed by atoms with van der Waals surface area (Å²) in [7, 11) is 0. The highest BCUT2D eigenvalue weighted by Gasteiger charge is 2.23. The zero-order valence-corrected chi connectivity index (χ0v) is 9.43. The molecule has 0 radical (unpaired) electrons. The highest BCUT2D eigenvalue weighted by Crippen LogP contribution is 2.25. The highest BCUT2D eigenvalue weighted by atomic mass is 16.5. The van der Waals surface area contributed by atoms with Crippen molar-refractivity contribution in [2.75, 3.05) is 13.2 Å². The van der Waals surface area contributed by atoms with Crippen LogP contribution < -0.4 is 0 Å². The second kappa shape index (κ2) is 5.63. The summed E-state index contributed by atoms with van der Waals surface area (Å²) in [6, 6.07) is 5.57. The Bertz CT molecular complexity index is 353. The van der Waals surface area contributed by atoms with E-state index in [1.807, 2.05) is 32.0 Å². The van der Waals surface area contributed by atoms with Crippen molar-refractivity contribution in [2.24, 2.45) is 0 Å². The van der Waals surface area contributed by atoms with Crippen molar-refractivity contribution in [3.63, 3.8) is 0 Å². The molecule has 16 heavy (non-hydrogen) atoms. The van der Waals surface area contributed by atoms with Gasteiger partial charge in [0.05, 0.1) is 13.2 Å². The van der Waals surface area contributed by atoms with E-state index in [0.717, 1.165) is 11.1 Å². The van der Waals surface area contributed by atoms with Gasteiger partial charge in [-0.05, 0) is 30.5 Å². The number of ether oxygens (including phenoxy) is 1. The molecule has 1 aromatic carbocycles. The van der Waals surface area contributed by atoms with Gasteiger partial charge in [-0.2, -0.15) is 0 Å². The molecule has 4 heteroatoms. The van der Waals surface area contributed by atoms with E-state index < -0.39 is 12.1 Å². The first-order valence-electron chi connectivity index (χ1n) is 5.09. The topological polar surface area (TPSA) is 66.8 Å². The van der Waals surface area contributed by atoms with E-state index >= 15 is 0 Å². The van der Waals surface area contributed by atoms with Crippen LogP contribution in [0.1, 0.15) is 22.8 Å². The largest absolute Gasteiger partial charge is 0.479 e. The predicted molar refractivity (Wildman–Crippen MR) is 59.3 cm³/mol. The molecule has 0 saturated heterocycles. The molecule has 2 N–H and O–H groups in total. The monoisotopic (exact) mass is 224 g/mol. The van der Waals surface area contributed by atoms with Crippen molar-refractivity contribution in [3.8, 4) is 0 Å². The van der Waals surface area contributed by atoms with Gasteiger partial charge in [-0.15, -0.1) is 0 Å². The molecule has 0 spiro atoms. The minimum Gasteiger partial charge on any atom is -0.479 e. The van der Waals surface area contributed by atoms with Crippen molar-refractivity contribution in [3.05, 3.63) is 34.9 Å². The molecule has 1 unspecified atom stereocenters. The van der Waals surface area contributed by atoms with Crippen LogP contribution >= 0.6 is 0 Å². The van der Waals surface area contributed by atoms with Crippen LogP contribution in [0, 0.1) is 13.8 Å². The number of aliphatic hydroxyl groups is 1. The van der Waals surface area contributed by atoms with E-state index in [1.54, 1.807) is 0 Å². The van der Waals surface area contributed by atoms with Gasteiger partial charge in [0.15, 0.2) is 6.10 Å². The quantitative estimate of drug-likeness (QED) is 0.794. The number of carbonyl (C=O) groups is 1. The average molecular weight is 224 g/mol. The standard InChI is InChI=1S/C12H16O4/c1-8-4-3-5-9(2)10(8)11(12(14)15)16-7-6-13/h3-5,11,13H,6-7H2,1-2H3,(H,14,15). The average Bonchev–Trinajstić information content (AvgIpc) is 2.21. The van der Waals surface area contributed by atoms with Gasteiger partial charge in [-0.3, -0.25) is 0 Å². The maximum absolute atomic E-state index is 11.1. The zero-order chi connectivity index (χ0) is 12.1. The fourth-order valence-electron chi connectivity index (χ4n) is 1.69. The highest BCUT2D eigenvalue weighted by molar-refractivity contribution is 5.75. The SMILES string of the molecule is Cc1cccc(C)c1C(OCCO)C(=O)O. The third kappa shape index (κ3) is 2.81. The minimum absolute atomic E-state index is 0.0186. The van der Waals surface area contributed by atoms with E-state index in [4.69, 9.17) is 14.9 Å². The minimum atomic E-state index is -1.04. The molecule has 0 amide bonds. The summed E-state index contributed by atoms with van der Waals surface area (Å²) in [6.45, 7) is 3.53. The van der Waals surface area contributed by atoms with Gasteiger partial charge in [-0.1, -0.05) is 18.2 Å². The molecular formula is C12H16O4. The number of rotatable bonds is 5. The van der Waals surface area contributed by atoms with Crippen LogP contribution in [0.2, 0.25) is 0 Å². The smallest absolute Gasteiger partial charge is 0.337 e. The molecule has 0 aromatic heterocycles. The van der Waals surface area contributed by atoms with Crippen LogP contribution in [-0.2, 0) is 9.53 Å². The molecule has 0 aliphatic carbocycles. The normalized spacial score (nSPS) is 12.4. The Morgan fingerprint density at radius 2 is 1.94 bits per heavy atom. The number of hydrogen-bond acceptors (Lipinski definition) is 3. The Labute approximate surface area is 94.5 Å². The van der Waals surface area contributed by atoms with E-state index in [2.05, 4.69) is 0 Å². The summed E-state index contributed by atoms with van der Waals surface area (Å²) >= 11 is 0. The van der Waals surface area contributed by atoms with Crippen LogP contribution in [0.3, 0.4) is 0 Å². The number of carboxylic acids is 1. The molecule has 0 fully saturated rings. The number of aliphatic carboxylic acids is 1. The molecule has 1 aromatic rings. The summed E-state index contributed by atoms with van der Waals surface area (Å²) in [5.41, 5.74) is 2.43. The van der Waals surface area contributed by atoms with Gasteiger partial charge < -0.3 is 14.9 Å². The number of aryl methyl sites for hydroxylation is 2. The summed E-state index contributed by atoms with van der Waals surface area (Å²) in [4.78, 5) is 11.1. The first-order chi connectivity index (χ1) is 7.57. The van der Waals surface area contributed by atoms with Gasteiger partial charge in [0, 0.05) is 0 Å².